The van der Waals surface area contributed by atoms with Gasteiger partial charge >= 0.3 is 6.18 Å². The smallest absolute Gasteiger partial charge is 0.353 e. The number of carbonyl (C=O) groups excluding carboxylic acids is 1. The van der Waals surface area contributed by atoms with Crippen LogP contribution in [0.25, 0.3) is 0 Å². The van der Waals surface area contributed by atoms with Crippen molar-refractivity contribution in [1.82, 2.24) is 9.88 Å². The highest BCUT2D eigenvalue weighted by Crippen LogP contribution is 2.30. The molecule has 1 saturated carbocycles. The van der Waals surface area contributed by atoms with E-state index in [2.05, 4.69) is 4.98 Å². The van der Waals surface area contributed by atoms with Crippen LogP contribution in [0.5, 0.6) is 0 Å². The predicted molar refractivity (Wildman–Crippen MR) is 62.4 cm³/mol. The van der Waals surface area contributed by atoms with Gasteiger partial charge in [-0.05, 0) is 12.8 Å². The Morgan fingerprint density at radius 3 is 2.60 bits per heavy atom. The fourth-order valence-corrected chi connectivity index (χ4v) is 1.90. The number of nitro groups is 1. The van der Waals surface area contributed by atoms with Gasteiger partial charge in [-0.25, -0.2) is 0 Å². The Kier molecular flexibility index (Phi) is 3.80. The molecule has 6 nitrogen and oxygen atoms in total. The SMILES string of the molecule is O=C(CN(CC(F)(F)F)C1CC1)c1cc([N+](=O)[O-])c[nH]1. The Balaban J connectivity index is 2.02. The molecule has 0 radical (unpaired) electrons. The molecule has 0 spiro atoms. The minimum Gasteiger partial charge on any atom is -0.353 e. The first-order chi connectivity index (χ1) is 9.26. The second kappa shape index (κ2) is 5.23. The van der Waals surface area contributed by atoms with Gasteiger partial charge in [-0.15, -0.1) is 0 Å². The number of Topliss-reactive ketones (excluding diaryl/α,β-unsaturated/α-hetero) is 1. The van der Waals surface area contributed by atoms with Crippen molar-refractivity contribution < 1.29 is 22.9 Å². The first kappa shape index (κ1) is 14.5. The highest BCUT2D eigenvalue weighted by molar-refractivity contribution is 5.96. The van der Waals surface area contributed by atoms with Crippen molar-refractivity contribution in [2.45, 2.75) is 25.1 Å². The summed E-state index contributed by atoms with van der Waals surface area (Å²) in [4.78, 5) is 25.1. The monoisotopic (exact) mass is 291 g/mol. The summed E-state index contributed by atoms with van der Waals surface area (Å²) in [6, 6.07) is 0.798. The lowest BCUT2D eigenvalue weighted by Crippen LogP contribution is -2.39. The van der Waals surface area contributed by atoms with Crippen LogP contribution in [0.1, 0.15) is 23.3 Å². The molecule has 0 aliphatic heterocycles. The number of alkyl halides is 3. The summed E-state index contributed by atoms with van der Waals surface area (Å²) in [7, 11) is 0. The largest absolute Gasteiger partial charge is 0.401 e. The summed E-state index contributed by atoms with van der Waals surface area (Å²) in [6.07, 6.45) is -2.06. The highest BCUT2D eigenvalue weighted by Gasteiger charge is 2.39. The van der Waals surface area contributed by atoms with Crippen molar-refractivity contribution in [2.75, 3.05) is 13.1 Å². The zero-order valence-electron chi connectivity index (χ0n) is 10.3. The van der Waals surface area contributed by atoms with E-state index in [0.717, 1.165) is 17.2 Å². The van der Waals surface area contributed by atoms with Gasteiger partial charge in [0, 0.05) is 12.1 Å². The lowest BCUT2D eigenvalue weighted by atomic mass is 10.2. The fraction of sp³-hybridized carbons (Fsp3) is 0.545. The molecule has 1 aliphatic rings. The molecule has 1 N–H and O–H groups in total. The Hall–Kier alpha value is -1.90. The third-order valence-corrected chi connectivity index (χ3v) is 2.97. The summed E-state index contributed by atoms with van der Waals surface area (Å²) < 4.78 is 37.2. The molecular formula is C11H12F3N3O3. The van der Waals surface area contributed by atoms with Crippen molar-refractivity contribution >= 4 is 11.5 Å². The molecule has 0 bridgehead atoms. The number of carbonyl (C=O) groups is 1. The molecule has 0 atom stereocenters. The van der Waals surface area contributed by atoms with Crippen molar-refractivity contribution in [2.24, 2.45) is 0 Å². The van der Waals surface area contributed by atoms with E-state index in [1.807, 2.05) is 0 Å². The first-order valence-corrected chi connectivity index (χ1v) is 5.93. The van der Waals surface area contributed by atoms with E-state index in [1.165, 1.54) is 0 Å². The average Bonchev–Trinajstić information content (AvgIpc) is 3.03. The minimum absolute atomic E-state index is 0.0514. The Morgan fingerprint density at radius 1 is 1.50 bits per heavy atom. The van der Waals surface area contributed by atoms with Gasteiger partial charge in [0.15, 0.2) is 5.78 Å². The van der Waals surface area contributed by atoms with Crippen LogP contribution in [-0.2, 0) is 0 Å². The van der Waals surface area contributed by atoms with Crippen LogP contribution < -0.4 is 0 Å². The number of nitrogens with zero attached hydrogens (tertiary/aromatic N) is 2. The molecule has 1 fully saturated rings. The van der Waals surface area contributed by atoms with Crippen LogP contribution in [0.3, 0.4) is 0 Å². The van der Waals surface area contributed by atoms with Gasteiger partial charge in [-0.2, -0.15) is 13.2 Å². The van der Waals surface area contributed by atoms with E-state index < -0.39 is 30.0 Å². The lowest BCUT2D eigenvalue weighted by Gasteiger charge is -2.22. The topological polar surface area (TPSA) is 79.2 Å². The van der Waals surface area contributed by atoms with Crippen LogP contribution in [-0.4, -0.2) is 45.9 Å². The van der Waals surface area contributed by atoms with Gasteiger partial charge in [0.05, 0.1) is 29.9 Å². The number of aromatic nitrogens is 1. The number of hydrogen-bond donors (Lipinski definition) is 1. The quantitative estimate of drug-likeness (QED) is 0.494. The standard InChI is InChI=1S/C11H12F3N3O3/c12-11(13,14)6-16(7-1-2-7)5-10(18)9-3-8(4-15-9)17(19)20/h3-4,7,15H,1-2,5-6H2. The van der Waals surface area contributed by atoms with Crippen molar-refractivity contribution in [3.63, 3.8) is 0 Å². The maximum atomic E-state index is 12.4. The molecule has 20 heavy (non-hydrogen) atoms. The third-order valence-electron chi connectivity index (χ3n) is 2.97. The summed E-state index contributed by atoms with van der Waals surface area (Å²) in [5.41, 5.74) is -0.341. The first-order valence-electron chi connectivity index (χ1n) is 5.93. The van der Waals surface area contributed by atoms with Crippen molar-refractivity contribution in [3.05, 3.63) is 28.1 Å². The summed E-state index contributed by atoms with van der Waals surface area (Å²) in [5, 5.41) is 10.5. The molecule has 0 unspecified atom stereocenters. The number of rotatable bonds is 6. The average molecular weight is 291 g/mol. The summed E-state index contributed by atoms with van der Waals surface area (Å²) in [6.45, 7) is -1.55. The fourth-order valence-electron chi connectivity index (χ4n) is 1.90. The van der Waals surface area contributed by atoms with Gasteiger partial charge in [0.2, 0.25) is 0 Å². The molecule has 1 aromatic rings. The zero-order valence-corrected chi connectivity index (χ0v) is 10.3. The summed E-state index contributed by atoms with van der Waals surface area (Å²) >= 11 is 0. The van der Waals surface area contributed by atoms with E-state index in [0.29, 0.717) is 12.8 Å². The molecule has 0 saturated heterocycles. The van der Waals surface area contributed by atoms with E-state index in [-0.39, 0.29) is 17.4 Å². The number of nitrogens with one attached hydrogen (secondary N) is 1. The van der Waals surface area contributed by atoms with Gasteiger partial charge < -0.3 is 4.98 Å². The van der Waals surface area contributed by atoms with Gasteiger partial charge in [0.25, 0.3) is 5.69 Å². The molecule has 1 aromatic heterocycles. The van der Waals surface area contributed by atoms with Gasteiger partial charge in [-0.1, -0.05) is 0 Å². The normalized spacial score (nSPS) is 15.6. The van der Waals surface area contributed by atoms with Crippen LogP contribution >= 0.6 is 0 Å². The number of ketones is 1. The lowest BCUT2D eigenvalue weighted by molar-refractivity contribution is -0.384. The number of H-pyrrole nitrogens is 1. The molecule has 2 rings (SSSR count). The van der Waals surface area contributed by atoms with Gasteiger partial charge in [0.1, 0.15) is 0 Å². The van der Waals surface area contributed by atoms with Crippen LogP contribution in [0.15, 0.2) is 12.3 Å². The Bertz CT molecular complexity index is 522. The molecular weight excluding hydrogens is 279 g/mol. The molecule has 0 amide bonds. The second-order valence-electron chi connectivity index (χ2n) is 4.70. The van der Waals surface area contributed by atoms with E-state index >= 15 is 0 Å². The van der Waals surface area contributed by atoms with E-state index in [4.69, 9.17) is 0 Å². The molecule has 9 heteroatoms. The van der Waals surface area contributed by atoms with Crippen molar-refractivity contribution in [1.29, 1.82) is 0 Å². The van der Waals surface area contributed by atoms with E-state index in [1.54, 1.807) is 0 Å². The zero-order chi connectivity index (χ0) is 14.9. The maximum Gasteiger partial charge on any atom is 0.401 e. The van der Waals surface area contributed by atoms with E-state index in [9.17, 15) is 28.1 Å². The molecule has 0 aromatic carbocycles. The molecule has 1 heterocycles. The number of halogens is 3. The molecule has 110 valence electrons. The Labute approximate surface area is 111 Å². The van der Waals surface area contributed by atoms with Crippen LogP contribution in [0.4, 0.5) is 18.9 Å². The maximum absolute atomic E-state index is 12.4. The second-order valence-corrected chi connectivity index (χ2v) is 4.70. The minimum atomic E-state index is -4.37. The predicted octanol–water partition coefficient (Wildman–Crippen LogP) is 2.13. The van der Waals surface area contributed by atoms with Crippen LogP contribution in [0, 0.1) is 10.1 Å². The third kappa shape index (κ3) is 3.80. The Morgan fingerprint density at radius 2 is 2.15 bits per heavy atom. The number of hydrogen-bond acceptors (Lipinski definition) is 4. The molecule has 1 aliphatic carbocycles. The van der Waals surface area contributed by atoms with Crippen molar-refractivity contribution in [3.8, 4) is 0 Å². The van der Waals surface area contributed by atoms with Gasteiger partial charge in [-0.3, -0.25) is 19.8 Å². The summed E-state index contributed by atoms with van der Waals surface area (Å²) in [5.74, 6) is -0.589. The van der Waals surface area contributed by atoms with Crippen LogP contribution in [0.2, 0.25) is 0 Å². The highest BCUT2D eigenvalue weighted by atomic mass is 19.4. The number of aromatic amines is 1.